The Morgan fingerprint density at radius 1 is 1.21 bits per heavy atom. The van der Waals surface area contributed by atoms with E-state index < -0.39 is 0 Å². The fourth-order valence-corrected chi connectivity index (χ4v) is 4.54. The lowest BCUT2D eigenvalue weighted by molar-refractivity contribution is -0.134. The predicted molar refractivity (Wildman–Crippen MR) is 109 cm³/mol. The lowest BCUT2D eigenvalue weighted by atomic mass is 9.93. The minimum Gasteiger partial charge on any atom is -0.331 e. The van der Waals surface area contributed by atoms with Crippen LogP contribution in [-0.2, 0) is 11.2 Å². The van der Waals surface area contributed by atoms with Gasteiger partial charge in [-0.05, 0) is 47.5 Å². The highest BCUT2D eigenvalue weighted by atomic mass is 32.1. The maximum Gasteiger partial charge on any atom is 0.319 e. The maximum absolute atomic E-state index is 13.4. The Kier molecular flexibility index (Phi) is 6.34. The van der Waals surface area contributed by atoms with Crippen molar-refractivity contribution in [2.75, 3.05) is 33.7 Å². The van der Waals surface area contributed by atoms with Crippen LogP contribution in [0.25, 0.3) is 0 Å². The number of carbonyl (C=O) groups is 2. The minimum absolute atomic E-state index is 0.0437. The lowest BCUT2D eigenvalue weighted by Crippen LogP contribution is -2.49. The van der Waals surface area contributed by atoms with Gasteiger partial charge in [0.05, 0.1) is 6.04 Å². The molecule has 1 atom stereocenters. The predicted octanol–water partition coefficient (Wildman–Crippen LogP) is 3.75. The second-order valence-corrected chi connectivity index (χ2v) is 8.19. The Bertz CT molecular complexity index is 834. The molecule has 0 spiro atoms. The van der Waals surface area contributed by atoms with Gasteiger partial charge in [0.2, 0.25) is 5.91 Å². The molecule has 1 aromatic heterocycles. The molecule has 0 saturated heterocycles. The van der Waals surface area contributed by atoms with Crippen molar-refractivity contribution < 1.29 is 14.0 Å². The molecule has 1 aromatic carbocycles. The van der Waals surface area contributed by atoms with Crippen LogP contribution in [0.5, 0.6) is 0 Å². The van der Waals surface area contributed by atoms with Crippen LogP contribution in [0.2, 0.25) is 0 Å². The summed E-state index contributed by atoms with van der Waals surface area (Å²) in [6, 6.07) is 7.96. The van der Waals surface area contributed by atoms with Gasteiger partial charge in [0, 0.05) is 32.1 Å². The van der Waals surface area contributed by atoms with E-state index in [0.29, 0.717) is 13.1 Å². The van der Waals surface area contributed by atoms with Gasteiger partial charge in [-0.15, -0.1) is 11.3 Å². The molecule has 2 heterocycles. The van der Waals surface area contributed by atoms with Gasteiger partial charge in [0.1, 0.15) is 12.4 Å². The Morgan fingerprint density at radius 3 is 2.57 bits per heavy atom. The molecule has 0 saturated carbocycles. The van der Waals surface area contributed by atoms with Crippen molar-refractivity contribution in [3.63, 3.8) is 0 Å². The molecule has 0 fully saturated rings. The van der Waals surface area contributed by atoms with Crippen LogP contribution in [0.3, 0.4) is 0 Å². The summed E-state index contributed by atoms with van der Waals surface area (Å²) in [6.45, 7) is 3.15. The van der Waals surface area contributed by atoms with Crippen molar-refractivity contribution in [2.45, 2.75) is 25.8 Å². The number of urea groups is 1. The highest BCUT2D eigenvalue weighted by Crippen LogP contribution is 2.37. The van der Waals surface area contributed by atoms with Gasteiger partial charge >= 0.3 is 6.03 Å². The van der Waals surface area contributed by atoms with E-state index in [1.54, 1.807) is 42.5 Å². The highest BCUT2D eigenvalue weighted by molar-refractivity contribution is 7.10. The molecule has 0 unspecified atom stereocenters. The second kappa shape index (κ2) is 8.73. The molecular formula is C21H26FN3O2S. The lowest BCUT2D eigenvalue weighted by Gasteiger charge is -2.38. The van der Waals surface area contributed by atoms with Crippen molar-refractivity contribution in [1.29, 1.82) is 0 Å². The quantitative estimate of drug-likeness (QED) is 0.763. The van der Waals surface area contributed by atoms with Gasteiger partial charge in [-0.3, -0.25) is 4.79 Å². The third-order valence-electron chi connectivity index (χ3n) is 4.94. The summed E-state index contributed by atoms with van der Waals surface area (Å²) in [6.07, 6.45) is 1.58. The summed E-state index contributed by atoms with van der Waals surface area (Å²) in [5.41, 5.74) is 1.98. The number of fused-ring (bicyclic) bond motifs is 1. The van der Waals surface area contributed by atoms with Crippen molar-refractivity contribution in [1.82, 2.24) is 14.7 Å². The first kappa shape index (κ1) is 20.3. The number of hydrogen-bond acceptors (Lipinski definition) is 3. The van der Waals surface area contributed by atoms with Gasteiger partial charge in [-0.2, -0.15) is 0 Å². The molecular weight excluding hydrogens is 377 g/mol. The van der Waals surface area contributed by atoms with E-state index in [9.17, 15) is 14.0 Å². The zero-order valence-electron chi connectivity index (χ0n) is 16.5. The maximum atomic E-state index is 13.4. The van der Waals surface area contributed by atoms with Gasteiger partial charge in [-0.1, -0.05) is 19.1 Å². The van der Waals surface area contributed by atoms with E-state index in [2.05, 4.69) is 0 Å². The summed E-state index contributed by atoms with van der Waals surface area (Å²) >= 11 is 1.69. The number of benzene rings is 1. The van der Waals surface area contributed by atoms with E-state index in [1.165, 1.54) is 21.9 Å². The second-order valence-electron chi connectivity index (χ2n) is 7.19. The molecule has 1 aliphatic heterocycles. The van der Waals surface area contributed by atoms with Gasteiger partial charge < -0.3 is 14.7 Å². The first-order chi connectivity index (χ1) is 13.4. The Labute approximate surface area is 169 Å². The zero-order chi connectivity index (χ0) is 20.3. The number of amides is 3. The summed E-state index contributed by atoms with van der Waals surface area (Å²) in [4.78, 5) is 31.8. The zero-order valence-corrected chi connectivity index (χ0v) is 17.3. The first-order valence-corrected chi connectivity index (χ1v) is 10.4. The van der Waals surface area contributed by atoms with E-state index in [4.69, 9.17) is 0 Å². The molecule has 1 aliphatic rings. The molecule has 0 bridgehead atoms. The van der Waals surface area contributed by atoms with Crippen molar-refractivity contribution in [2.24, 2.45) is 0 Å². The van der Waals surface area contributed by atoms with E-state index in [1.807, 2.05) is 23.3 Å². The van der Waals surface area contributed by atoms with Crippen LogP contribution in [0.4, 0.5) is 9.18 Å². The van der Waals surface area contributed by atoms with Gasteiger partial charge in [-0.25, -0.2) is 9.18 Å². The molecule has 7 heteroatoms. The summed E-state index contributed by atoms with van der Waals surface area (Å²) in [5, 5.41) is 2.04. The molecule has 5 nitrogen and oxygen atoms in total. The summed E-state index contributed by atoms with van der Waals surface area (Å²) in [7, 11) is 3.38. The average molecular weight is 404 g/mol. The van der Waals surface area contributed by atoms with Gasteiger partial charge in [0.25, 0.3) is 0 Å². The number of thiophene rings is 1. The SMILES string of the molecule is CCCN(CC(=O)N1CCc2sccc2[C@H]1c1ccc(F)cc1)C(=O)N(C)C. The van der Waals surface area contributed by atoms with Crippen LogP contribution < -0.4 is 0 Å². The standard InChI is InChI=1S/C21H26FN3O2S/c1-4-11-24(21(27)23(2)3)14-19(26)25-12-9-18-17(10-13-28-18)20(25)15-5-7-16(22)8-6-15/h5-8,10,13,20H,4,9,11-12,14H2,1-3H3/t20-/m1/s1. The molecule has 0 N–H and O–H groups in total. The van der Waals surface area contributed by atoms with Crippen LogP contribution in [-0.4, -0.2) is 60.4 Å². The van der Waals surface area contributed by atoms with Crippen LogP contribution >= 0.6 is 11.3 Å². The van der Waals surface area contributed by atoms with Crippen LogP contribution in [0.15, 0.2) is 35.7 Å². The molecule has 0 aliphatic carbocycles. The first-order valence-electron chi connectivity index (χ1n) is 9.49. The van der Waals surface area contributed by atoms with Crippen molar-refractivity contribution >= 4 is 23.3 Å². The average Bonchev–Trinajstić information content (AvgIpc) is 3.15. The van der Waals surface area contributed by atoms with Gasteiger partial charge in [0.15, 0.2) is 0 Å². The molecule has 0 radical (unpaired) electrons. The summed E-state index contributed by atoms with van der Waals surface area (Å²) < 4.78 is 13.4. The number of nitrogens with zero attached hydrogens (tertiary/aromatic N) is 3. The monoisotopic (exact) mass is 403 g/mol. The van der Waals surface area contributed by atoms with E-state index in [-0.39, 0.29) is 30.3 Å². The normalized spacial score (nSPS) is 15.9. The Morgan fingerprint density at radius 2 is 1.93 bits per heavy atom. The van der Waals surface area contributed by atoms with Crippen LogP contribution in [0, 0.1) is 5.82 Å². The number of rotatable bonds is 5. The molecule has 28 heavy (non-hydrogen) atoms. The van der Waals surface area contributed by atoms with E-state index in [0.717, 1.165) is 24.0 Å². The molecule has 150 valence electrons. The topological polar surface area (TPSA) is 43.9 Å². The van der Waals surface area contributed by atoms with Crippen molar-refractivity contribution in [3.05, 3.63) is 57.5 Å². The largest absolute Gasteiger partial charge is 0.331 e. The van der Waals surface area contributed by atoms with Crippen molar-refractivity contribution in [3.8, 4) is 0 Å². The summed E-state index contributed by atoms with van der Waals surface area (Å²) in [5.74, 6) is -0.386. The highest BCUT2D eigenvalue weighted by Gasteiger charge is 2.34. The third-order valence-corrected chi connectivity index (χ3v) is 5.94. The Hall–Kier alpha value is -2.41. The third kappa shape index (κ3) is 4.19. The van der Waals surface area contributed by atoms with E-state index >= 15 is 0 Å². The smallest absolute Gasteiger partial charge is 0.319 e. The fraction of sp³-hybridized carbons (Fsp3) is 0.429. The molecule has 3 rings (SSSR count). The molecule has 3 amide bonds. The van der Waals surface area contributed by atoms with Crippen LogP contribution in [0.1, 0.15) is 35.4 Å². The number of carbonyl (C=O) groups excluding carboxylic acids is 2. The number of hydrogen-bond donors (Lipinski definition) is 0. The Balaban J connectivity index is 1.89. The fourth-order valence-electron chi connectivity index (χ4n) is 3.64. The minimum atomic E-state index is -0.298. The number of halogens is 1. The molecule has 2 aromatic rings.